The summed E-state index contributed by atoms with van der Waals surface area (Å²) >= 11 is 0. The molecule has 250 valence electrons. The molecular weight excluding hydrogens is 650 g/mol. The molecule has 15 heteroatoms. The monoisotopic (exact) mass is 685 g/mol. The summed E-state index contributed by atoms with van der Waals surface area (Å²) in [7, 11) is -6.23. The lowest BCUT2D eigenvalue weighted by atomic mass is 10.1. The number of carbonyl (C=O) groups excluding carboxylic acids is 2. The Bertz CT molecular complexity index is 1970. The maximum absolute atomic E-state index is 14.1. The second-order valence-electron chi connectivity index (χ2n) is 10.9. The predicted octanol–water partition coefficient (Wildman–Crippen LogP) is 5.14. The fraction of sp³-hybridized carbons (Fsp3) is 0.281. The van der Waals surface area contributed by atoms with Crippen LogP contribution in [0.25, 0.3) is 10.8 Å². The Hall–Kier alpha value is -4.89. The molecule has 1 amide bonds. The summed E-state index contributed by atoms with van der Waals surface area (Å²) in [5.74, 6) is -0.255. The Morgan fingerprint density at radius 3 is 1.77 bits per heavy atom. The standard InChI is InChI=1S/C32H35N3O10S2/c1-7-44-29(36)21-34(46(38,39)24-16-12-22(42-5)13-17-24)30-27-11-9-8-10-26(27)28(20-33-30)35(31(37)45-32(2,3)4)47(40,41)25-18-14-23(43-6)15-19-25/h8-20H,7,21H2,1-6H3. The van der Waals surface area contributed by atoms with Crippen molar-refractivity contribution in [2.24, 2.45) is 0 Å². The van der Waals surface area contributed by atoms with Gasteiger partial charge < -0.3 is 18.9 Å². The average Bonchev–Trinajstić information content (AvgIpc) is 3.03. The highest BCUT2D eigenvalue weighted by molar-refractivity contribution is 7.93. The molecule has 47 heavy (non-hydrogen) atoms. The molecule has 0 aliphatic heterocycles. The smallest absolute Gasteiger partial charge is 0.429 e. The Labute approximate surface area is 273 Å². The van der Waals surface area contributed by atoms with Crippen molar-refractivity contribution in [3.63, 3.8) is 0 Å². The maximum atomic E-state index is 14.1. The first-order chi connectivity index (χ1) is 22.1. The molecule has 0 spiro atoms. The molecular formula is C32H35N3O10S2. The first-order valence-corrected chi connectivity index (χ1v) is 17.1. The third-order valence-electron chi connectivity index (χ3n) is 6.59. The van der Waals surface area contributed by atoms with E-state index in [9.17, 15) is 26.4 Å². The van der Waals surface area contributed by atoms with Crippen molar-refractivity contribution < 1.29 is 45.4 Å². The number of hydrogen-bond donors (Lipinski definition) is 0. The van der Waals surface area contributed by atoms with Crippen LogP contribution in [0.1, 0.15) is 27.7 Å². The van der Waals surface area contributed by atoms with Crippen LogP contribution >= 0.6 is 0 Å². The van der Waals surface area contributed by atoms with Crippen molar-refractivity contribution in [3.05, 3.63) is 79.0 Å². The van der Waals surface area contributed by atoms with Crippen LogP contribution in [-0.2, 0) is 34.3 Å². The van der Waals surface area contributed by atoms with Crippen LogP contribution in [0.3, 0.4) is 0 Å². The highest BCUT2D eigenvalue weighted by Gasteiger charge is 2.38. The van der Waals surface area contributed by atoms with Gasteiger partial charge in [0.25, 0.3) is 20.0 Å². The number of amides is 1. The van der Waals surface area contributed by atoms with Gasteiger partial charge in [-0.1, -0.05) is 24.3 Å². The topological polar surface area (TPSA) is 159 Å². The normalized spacial score (nSPS) is 11.9. The first kappa shape index (κ1) is 35.0. The number of benzene rings is 3. The third-order valence-corrected chi connectivity index (χ3v) is 10.0. The van der Waals surface area contributed by atoms with Gasteiger partial charge in [0.2, 0.25) is 0 Å². The van der Waals surface area contributed by atoms with Crippen molar-refractivity contribution in [1.29, 1.82) is 0 Å². The lowest BCUT2D eigenvalue weighted by Gasteiger charge is -2.29. The van der Waals surface area contributed by atoms with E-state index < -0.39 is 44.3 Å². The summed E-state index contributed by atoms with van der Waals surface area (Å²) in [5.41, 5.74) is -1.30. The summed E-state index contributed by atoms with van der Waals surface area (Å²) in [4.78, 5) is 30.4. The number of sulfonamides is 2. The maximum Gasteiger partial charge on any atom is 0.429 e. The Morgan fingerprint density at radius 1 is 0.766 bits per heavy atom. The molecule has 0 aliphatic carbocycles. The number of ether oxygens (including phenoxy) is 4. The van der Waals surface area contributed by atoms with Gasteiger partial charge in [0.05, 0.1) is 42.5 Å². The van der Waals surface area contributed by atoms with Crippen molar-refractivity contribution in [1.82, 2.24) is 4.98 Å². The number of aromatic nitrogens is 1. The molecule has 0 saturated heterocycles. The summed E-state index contributed by atoms with van der Waals surface area (Å²) in [6.45, 7) is 5.57. The minimum absolute atomic E-state index is 0.00353. The number of pyridine rings is 1. The molecule has 3 aromatic carbocycles. The fourth-order valence-corrected chi connectivity index (χ4v) is 7.19. The van der Waals surface area contributed by atoms with Gasteiger partial charge in [-0.25, -0.2) is 30.9 Å². The molecule has 0 fully saturated rings. The van der Waals surface area contributed by atoms with Crippen molar-refractivity contribution in [3.8, 4) is 11.5 Å². The highest BCUT2D eigenvalue weighted by Crippen LogP contribution is 2.38. The molecule has 0 unspecified atom stereocenters. The Kier molecular flexibility index (Phi) is 10.3. The minimum atomic E-state index is -4.63. The number of nitrogens with zero attached hydrogens (tertiary/aromatic N) is 3. The van der Waals surface area contributed by atoms with Crippen LogP contribution in [0.15, 0.2) is 88.8 Å². The van der Waals surface area contributed by atoms with Gasteiger partial charge in [0.15, 0.2) is 5.82 Å². The van der Waals surface area contributed by atoms with Crippen LogP contribution in [0, 0.1) is 0 Å². The van der Waals surface area contributed by atoms with Crippen LogP contribution in [0.4, 0.5) is 16.3 Å². The zero-order valence-electron chi connectivity index (χ0n) is 26.7. The quantitative estimate of drug-likeness (QED) is 0.192. The van der Waals surface area contributed by atoms with Gasteiger partial charge in [-0.05, 0) is 76.2 Å². The number of esters is 1. The molecule has 0 radical (unpaired) electrons. The zero-order chi connectivity index (χ0) is 34.6. The minimum Gasteiger partial charge on any atom is -0.497 e. The number of fused-ring (bicyclic) bond motifs is 1. The first-order valence-electron chi connectivity index (χ1n) is 14.3. The van der Waals surface area contributed by atoms with E-state index >= 15 is 0 Å². The number of rotatable bonds is 11. The predicted molar refractivity (Wildman–Crippen MR) is 175 cm³/mol. The molecule has 13 nitrogen and oxygen atoms in total. The number of carbonyl (C=O) groups is 2. The van der Waals surface area contributed by atoms with Crippen LogP contribution in [0.5, 0.6) is 11.5 Å². The van der Waals surface area contributed by atoms with E-state index in [-0.39, 0.29) is 38.7 Å². The van der Waals surface area contributed by atoms with E-state index in [4.69, 9.17) is 18.9 Å². The third kappa shape index (κ3) is 7.58. The zero-order valence-corrected chi connectivity index (χ0v) is 28.3. The molecule has 1 heterocycles. The van der Waals surface area contributed by atoms with Crippen LogP contribution in [0.2, 0.25) is 0 Å². The van der Waals surface area contributed by atoms with Crippen molar-refractivity contribution in [2.75, 3.05) is 36.0 Å². The van der Waals surface area contributed by atoms with E-state index in [2.05, 4.69) is 4.98 Å². The van der Waals surface area contributed by atoms with Gasteiger partial charge in [0.1, 0.15) is 23.6 Å². The molecule has 1 aromatic heterocycles. The van der Waals surface area contributed by atoms with E-state index in [0.29, 0.717) is 15.8 Å². The second-order valence-corrected chi connectivity index (χ2v) is 14.6. The van der Waals surface area contributed by atoms with E-state index in [1.54, 1.807) is 39.8 Å². The van der Waals surface area contributed by atoms with E-state index in [1.165, 1.54) is 74.9 Å². The van der Waals surface area contributed by atoms with Crippen molar-refractivity contribution >= 4 is 54.4 Å². The number of hydrogen-bond acceptors (Lipinski definition) is 11. The SMILES string of the molecule is CCOC(=O)CN(c1ncc(N(C(=O)OC(C)(C)C)S(=O)(=O)c2ccc(OC)cc2)c2ccccc12)S(=O)(=O)c1ccc(OC)cc1. The largest absolute Gasteiger partial charge is 0.497 e. The molecule has 0 bridgehead atoms. The second kappa shape index (κ2) is 13.8. The van der Waals surface area contributed by atoms with Gasteiger partial charge in [0, 0.05) is 10.8 Å². The highest BCUT2D eigenvalue weighted by atomic mass is 32.2. The fourth-order valence-electron chi connectivity index (χ4n) is 4.48. The molecule has 4 rings (SSSR count). The molecule has 0 N–H and O–H groups in total. The van der Waals surface area contributed by atoms with Crippen LogP contribution < -0.4 is 18.1 Å². The molecule has 4 aromatic rings. The average molecular weight is 686 g/mol. The van der Waals surface area contributed by atoms with Crippen molar-refractivity contribution in [2.45, 2.75) is 43.1 Å². The number of methoxy groups -OCH3 is 2. The van der Waals surface area contributed by atoms with E-state index in [1.807, 2.05) is 0 Å². The summed E-state index contributed by atoms with van der Waals surface area (Å²) in [6, 6.07) is 17.1. The summed E-state index contributed by atoms with van der Waals surface area (Å²) in [5, 5.41) is 0.240. The summed E-state index contributed by atoms with van der Waals surface area (Å²) in [6.07, 6.45) is -0.174. The lowest BCUT2D eigenvalue weighted by molar-refractivity contribution is -0.141. The Morgan fingerprint density at radius 2 is 1.28 bits per heavy atom. The van der Waals surface area contributed by atoms with E-state index in [0.717, 1.165) is 10.5 Å². The van der Waals surface area contributed by atoms with Crippen LogP contribution in [-0.4, -0.2) is 66.9 Å². The molecule has 0 saturated carbocycles. The van der Waals surface area contributed by atoms with Gasteiger partial charge in [-0.15, -0.1) is 0 Å². The van der Waals surface area contributed by atoms with Gasteiger partial charge in [-0.2, -0.15) is 4.31 Å². The number of anilines is 2. The molecule has 0 atom stereocenters. The summed E-state index contributed by atoms with van der Waals surface area (Å²) < 4.78 is 78.5. The Balaban J connectivity index is 1.97. The lowest BCUT2D eigenvalue weighted by Crippen LogP contribution is -2.41. The van der Waals surface area contributed by atoms with Gasteiger partial charge >= 0.3 is 12.1 Å². The molecule has 0 aliphatic rings. The van der Waals surface area contributed by atoms with Gasteiger partial charge in [-0.3, -0.25) is 4.79 Å².